The van der Waals surface area contributed by atoms with E-state index in [2.05, 4.69) is 21.3 Å². The highest BCUT2D eigenvalue weighted by molar-refractivity contribution is 5.29. The van der Waals surface area contributed by atoms with Crippen molar-refractivity contribution in [3.8, 4) is 0 Å². The van der Waals surface area contributed by atoms with Gasteiger partial charge in [-0.15, -0.1) is 0 Å². The third-order valence-electron chi connectivity index (χ3n) is 5.59. The van der Waals surface area contributed by atoms with Gasteiger partial charge < -0.3 is 10.4 Å². The summed E-state index contributed by atoms with van der Waals surface area (Å²) < 4.78 is 0. The van der Waals surface area contributed by atoms with E-state index < -0.39 is 24.2 Å². The molecule has 0 aromatic heterocycles. The Morgan fingerprint density at radius 3 is 1.19 bits per heavy atom. The molecular formula is C24H26N4O4. The molecule has 4 unspecified atom stereocenters. The van der Waals surface area contributed by atoms with E-state index >= 15 is 0 Å². The topological polar surface area (TPSA) is 123 Å². The fourth-order valence-corrected chi connectivity index (χ4v) is 3.76. The number of hydroxylamine groups is 2. The van der Waals surface area contributed by atoms with Crippen LogP contribution >= 0.6 is 0 Å². The molecule has 32 heavy (non-hydrogen) atoms. The number of nitroso groups, excluding NO2 is 2. The Labute approximate surface area is 186 Å². The van der Waals surface area contributed by atoms with Crippen molar-refractivity contribution in [2.24, 2.45) is 10.4 Å². The first-order valence-electron chi connectivity index (χ1n) is 10.3. The standard InChI is InChI=1S/C24H26N4O4/c29-25-21(17-7-3-1-4-8-17)15-23(27-31)19-11-13-20(14-12-19)24(28-32)16-22(26-30)18-9-5-2-6-10-18/h1-14,21-24,27-28,31-32H,15-16H2. The lowest BCUT2D eigenvalue weighted by molar-refractivity contribution is 0.117. The minimum atomic E-state index is -0.613. The van der Waals surface area contributed by atoms with E-state index in [1.807, 2.05) is 60.7 Å². The number of rotatable bonds is 12. The van der Waals surface area contributed by atoms with Gasteiger partial charge in [0.1, 0.15) is 12.1 Å². The van der Waals surface area contributed by atoms with Gasteiger partial charge in [0, 0.05) is 0 Å². The van der Waals surface area contributed by atoms with Crippen LogP contribution in [0.25, 0.3) is 0 Å². The van der Waals surface area contributed by atoms with Gasteiger partial charge in [0.05, 0.1) is 12.1 Å². The van der Waals surface area contributed by atoms with Gasteiger partial charge >= 0.3 is 0 Å². The van der Waals surface area contributed by atoms with Gasteiger partial charge in [-0.25, -0.2) is 0 Å². The maximum Gasteiger partial charge on any atom is 0.119 e. The van der Waals surface area contributed by atoms with Gasteiger partial charge in [-0.3, -0.25) is 0 Å². The number of hydrogen-bond acceptors (Lipinski definition) is 8. The van der Waals surface area contributed by atoms with Crippen molar-refractivity contribution in [1.82, 2.24) is 11.0 Å². The Morgan fingerprint density at radius 2 is 0.906 bits per heavy atom. The number of benzene rings is 3. The second-order valence-electron chi connectivity index (χ2n) is 7.57. The van der Waals surface area contributed by atoms with Gasteiger partial charge in [-0.05, 0) is 35.1 Å². The summed E-state index contributed by atoms with van der Waals surface area (Å²) in [6.45, 7) is 0. The molecule has 0 radical (unpaired) electrons. The maximum atomic E-state index is 11.4. The maximum absolute atomic E-state index is 11.4. The summed E-state index contributed by atoms with van der Waals surface area (Å²) in [6.07, 6.45) is 0.548. The minimum absolute atomic E-state index is 0.274. The Bertz CT molecular complexity index is 890. The zero-order chi connectivity index (χ0) is 22.8. The molecule has 3 aromatic rings. The molecule has 0 fully saturated rings. The van der Waals surface area contributed by atoms with Crippen LogP contribution in [-0.2, 0) is 0 Å². The van der Waals surface area contributed by atoms with Crippen LogP contribution in [0.4, 0.5) is 0 Å². The Kier molecular flexibility index (Phi) is 8.70. The minimum Gasteiger partial charge on any atom is -0.316 e. The van der Waals surface area contributed by atoms with E-state index in [4.69, 9.17) is 0 Å². The SMILES string of the molecule is O=NC(CC(NO)c1ccc(C(CC(N=O)c2ccccc2)NO)cc1)c1ccccc1. The fourth-order valence-electron chi connectivity index (χ4n) is 3.76. The molecule has 0 amide bonds. The van der Waals surface area contributed by atoms with Gasteiger partial charge in [0.15, 0.2) is 0 Å². The van der Waals surface area contributed by atoms with Crippen molar-refractivity contribution in [2.75, 3.05) is 0 Å². The molecule has 0 heterocycles. The quantitative estimate of drug-likeness (QED) is 0.220. The monoisotopic (exact) mass is 434 g/mol. The van der Waals surface area contributed by atoms with Crippen LogP contribution in [0.2, 0.25) is 0 Å². The van der Waals surface area contributed by atoms with E-state index in [0.717, 1.165) is 22.3 Å². The van der Waals surface area contributed by atoms with Gasteiger partial charge in [-0.2, -0.15) is 20.8 Å². The zero-order valence-corrected chi connectivity index (χ0v) is 17.4. The summed E-state index contributed by atoms with van der Waals surface area (Å²) in [5.41, 5.74) is 7.58. The molecule has 0 aliphatic carbocycles. The van der Waals surface area contributed by atoms with Crippen molar-refractivity contribution in [3.05, 3.63) is 117 Å². The Hall–Kier alpha value is -3.30. The highest BCUT2D eigenvalue weighted by Crippen LogP contribution is 2.32. The van der Waals surface area contributed by atoms with Crippen molar-refractivity contribution in [1.29, 1.82) is 0 Å². The molecule has 0 saturated carbocycles. The number of nitrogens with one attached hydrogen (secondary N) is 2. The Morgan fingerprint density at radius 1 is 0.562 bits per heavy atom. The lowest BCUT2D eigenvalue weighted by Crippen LogP contribution is -2.21. The lowest BCUT2D eigenvalue weighted by Gasteiger charge is -2.21. The van der Waals surface area contributed by atoms with Crippen molar-refractivity contribution in [3.63, 3.8) is 0 Å². The molecule has 0 aliphatic rings. The number of hydrogen-bond donors (Lipinski definition) is 4. The Balaban J connectivity index is 1.72. The molecule has 4 atom stereocenters. The highest BCUT2D eigenvalue weighted by atomic mass is 16.5. The summed E-state index contributed by atoms with van der Waals surface area (Å²) >= 11 is 0. The molecule has 3 rings (SSSR count). The van der Waals surface area contributed by atoms with Crippen molar-refractivity contribution in [2.45, 2.75) is 37.0 Å². The van der Waals surface area contributed by atoms with E-state index in [0.29, 0.717) is 0 Å². The molecule has 4 N–H and O–H groups in total. The van der Waals surface area contributed by atoms with E-state index in [9.17, 15) is 20.2 Å². The first-order chi connectivity index (χ1) is 15.7. The molecule has 0 saturated heterocycles. The second kappa shape index (κ2) is 11.9. The van der Waals surface area contributed by atoms with Crippen molar-refractivity contribution < 1.29 is 10.4 Å². The van der Waals surface area contributed by atoms with Crippen LogP contribution in [0.15, 0.2) is 95.3 Å². The van der Waals surface area contributed by atoms with Crippen LogP contribution in [0.1, 0.15) is 59.3 Å². The highest BCUT2D eigenvalue weighted by Gasteiger charge is 2.22. The van der Waals surface area contributed by atoms with Crippen LogP contribution in [-0.4, -0.2) is 10.4 Å². The van der Waals surface area contributed by atoms with Crippen LogP contribution in [0.5, 0.6) is 0 Å². The zero-order valence-electron chi connectivity index (χ0n) is 17.4. The van der Waals surface area contributed by atoms with Gasteiger partial charge in [0.25, 0.3) is 0 Å². The summed E-state index contributed by atoms with van der Waals surface area (Å²) in [7, 11) is 0. The van der Waals surface area contributed by atoms with E-state index in [-0.39, 0.29) is 12.8 Å². The normalized spacial score (nSPS) is 14.8. The third kappa shape index (κ3) is 5.89. The fraction of sp³-hybridized carbons (Fsp3) is 0.250. The van der Waals surface area contributed by atoms with Gasteiger partial charge in [-0.1, -0.05) is 95.3 Å². The average molecular weight is 434 g/mol. The smallest absolute Gasteiger partial charge is 0.119 e. The van der Waals surface area contributed by atoms with Crippen LogP contribution in [0.3, 0.4) is 0 Å². The van der Waals surface area contributed by atoms with Crippen LogP contribution in [0, 0.1) is 9.81 Å². The van der Waals surface area contributed by atoms with Crippen LogP contribution < -0.4 is 11.0 Å². The second-order valence-corrected chi connectivity index (χ2v) is 7.57. The van der Waals surface area contributed by atoms with E-state index in [1.165, 1.54) is 0 Å². The first-order valence-corrected chi connectivity index (χ1v) is 10.3. The predicted octanol–water partition coefficient (Wildman–Crippen LogP) is 5.52. The summed E-state index contributed by atoms with van der Waals surface area (Å²) in [6, 6.07) is 23.3. The van der Waals surface area contributed by atoms with E-state index in [1.54, 1.807) is 24.3 Å². The molecule has 8 heteroatoms. The molecule has 166 valence electrons. The summed E-state index contributed by atoms with van der Waals surface area (Å²) in [5, 5.41) is 25.8. The van der Waals surface area contributed by atoms with Gasteiger partial charge in [0.2, 0.25) is 0 Å². The number of nitrogens with zero attached hydrogens (tertiary/aromatic N) is 2. The largest absolute Gasteiger partial charge is 0.316 e. The average Bonchev–Trinajstić information content (AvgIpc) is 2.87. The molecule has 3 aromatic carbocycles. The van der Waals surface area contributed by atoms with Crippen molar-refractivity contribution >= 4 is 0 Å². The predicted molar refractivity (Wildman–Crippen MR) is 121 cm³/mol. The lowest BCUT2D eigenvalue weighted by atomic mass is 9.92. The summed E-state index contributed by atoms with van der Waals surface area (Å²) in [4.78, 5) is 22.8. The molecular weight excluding hydrogens is 408 g/mol. The molecule has 8 nitrogen and oxygen atoms in total. The molecule has 0 bridgehead atoms. The first kappa shape index (κ1) is 23.4. The molecule has 0 aliphatic heterocycles. The summed E-state index contributed by atoms with van der Waals surface area (Å²) in [5.74, 6) is 0. The third-order valence-corrected chi connectivity index (χ3v) is 5.59. The molecule has 0 spiro atoms.